The fraction of sp³-hybridized carbons (Fsp3) is 0.333. The van der Waals surface area contributed by atoms with Gasteiger partial charge in [-0.15, -0.1) is 0 Å². The molecule has 18 heavy (non-hydrogen) atoms. The minimum Gasteiger partial charge on any atom is -0.372 e. The smallest absolute Gasteiger partial charge is 0.250 e. The van der Waals surface area contributed by atoms with Crippen molar-refractivity contribution < 1.29 is 9.53 Å². The Morgan fingerprint density at radius 2 is 2.17 bits per heavy atom. The molecule has 96 valence electrons. The second kappa shape index (κ2) is 5.79. The highest BCUT2D eigenvalue weighted by molar-refractivity contribution is 7.71. The van der Waals surface area contributed by atoms with Crippen molar-refractivity contribution in [3.8, 4) is 0 Å². The molecule has 5 nitrogen and oxygen atoms in total. The number of amides is 1. The van der Waals surface area contributed by atoms with Crippen molar-refractivity contribution in [1.29, 1.82) is 0 Å². The zero-order valence-electron chi connectivity index (χ0n) is 10.1. The first kappa shape index (κ1) is 12.8. The van der Waals surface area contributed by atoms with Crippen LogP contribution in [-0.2, 0) is 9.53 Å². The molecule has 3 N–H and O–H groups in total. The largest absolute Gasteiger partial charge is 0.372 e. The normalized spacial score (nSPS) is 10.7. The van der Waals surface area contributed by atoms with Crippen molar-refractivity contribution in [1.82, 2.24) is 9.97 Å². The number of aromatic amines is 2. The van der Waals surface area contributed by atoms with Crippen LogP contribution in [-0.4, -0.2) is 29.1 Å². The molecule has 0 aliphatic heterocycles. The topological polar surface area (TPSA) is 69.9 Å². The molecule has 0 aliphatic carbocycles. The van der Waals surface area contributed by atoms with Gasteiger partial charge < -0.3 is 20.0 Å². The first-order chi connectivity index (χ1) is 8.69. The summed E-state index contributed by atoms with van der Waals surface area (Å²) in [6.07, 6.45) is 0.902. The minimum atomic E-state index is -0.156. The van der Waals surface area contributed by atoms with E-state index in [0.29, 0.717) is 11.4 Å². The Bertz CT molecular complexity index is 603. The highest BCUT2D eigenvalue weighted by atomic mass is 32.1. The van der Waals surface area contributed by atoms with E-state index >= 15 is 0 Å². The van der Waals surface area contributed by atoms with Gasteiger partial charge in [0, 0.05) is 12.3 Å². The third kappa shape index (κ3) is 3.18. The van der Waals surface area contributed by atoms with Crippen LogP contribution in [0.25, 0.3) is 11.0 Å². The Hall–Kier alpha value is -1.66. The number of benzene rings is 1. The van der Waals surface area contributed by atoms with E-state index < -0.39 is 0 Å². The maximum Gasteiger partial charge on any atom is 0.250 e. The standard InChI is InChI=1S/C12H15N3O2S/c1-2-5-17-7-11(16)13-8-3-4-9-10(6-8)15-12(18)14-9/h3-4,6H,2,5,7H2,1H3,(H,13,16)(H2,14,15,18). The second-order valence-electron chi connectivity index (χ2n) is 3.94. The number of anilines is 1. The highest BCUT2D eigenvalue weighted by Gasteiger charge is 2.03. The van der Waals surface area contributed by atoms with Crippen molar-refractivity contribution in [3.63, 3.8) is 0 Å². The lowest BCUT2D eigenvalue weighted by atomic mass is 10.3. The molecule has 1 aromatic carbocycles. The Balaban J connectivity index is 2.02. The van der Waals surface area contributed by atoms with E-state index in [9.17, 15) is 4.79 Å². The Labute approximate surface area is 110 Å². The van der Waals surface area contributed by atoms with Gasteiger partial charge in [0.05, 0.1) is 11.0 Å². The van der Waals surface area contributed by atoms with Gasteiger partial charge in [-0.25, -0.2) is 0 Å². The number of carbonyl (C=O) groups excluding carboxylic acids is 1. The van der Waals surface area contributed by atoms with E-state index in [1.165, 1.54) is 0 Å². The summed E-state index contributed by atoms with van der Waals surface area (Å²) in [6.45, 7) is 2.67. The highest BCUT2D eigenvalue weighted by Crippen LogP contribution is 2.16. The summed E-state index contributed by atoms with van der Waals surface area (Å²) in [7, 11) is 0. The third-order valence-corrected chi connectivity index (χ3v) is 2.59. The number of hydrogen-bond donors (Lipinski definition) is 3. The fourth-order valence-corrected chi connectivity index (χ4v) is 1.84. The number of aromatic nitrogens is 2. The van der Waals surface area contributed by atoms with Gasteiger partial charge in [0.2, 0.25) is 5.91 Å². The summed E-state index contributed by atoms with van der Waals surface area (Å²) in [5.74, 6) is -0.156. The molecule has 6 heteroatoms. The van der Waals surface area contributed by atoms with E-state index in [1.807, 2.05) is 25.1 Å². The molecule has 0 saturated heterocycles. The third-order valence-electron chi connectivity index (χ3n) is 2.38. The van der Waals surface area contributed by atoms with Crippen molar-refractivity contribution in [3.05, 3.63) is 23.0 Å². The van der Waals surface area contributed by atoms with Crippen LogP contribution in [0.5, 0.6) is 0 Å². The average Bonchev–Trinajstić information content (AvgIpc) is 2.69. The molecule has 0 aliphatic rings. The maximum atomic E-state index is 11.6. The van der Waals surface area contributed by atoms with E-state index in [4.69, 9.17) is 17.0 Å². The molecular formula is C12H15N3O2S. The van der Waals surface area contributed by atoms with Gasteiger partial charge in [-0.3, -0.25) is 4.79 Å². The molecule has 0 atom stereocenters. The monoisotopic (exact) mass is 265 g/mol. The number of hydrogen-bond acceptors (Lipinski definition) is 3. The van der Waals surface area contributed by atoms with Gasteiger partial charge in [0.1, 0.15) is 6.61 Å². The lowest BCUT2D eigenvalue weighted by molar-refractivity contribution is -0.120. The minimum absolute atomic E-state index is 0.0784. The molecule has 0 bridgehead atoms. The number of imidazole rings is 1. The predicted octanol–water partition coefficient (Wildman–Crippen LogP) is 2.59. The first-order valence-corrected chi connectivity index (χ1v) is 6.19. The molecule has 1 heterocycles. The number of H-pyrrole nitrogens is 2. The van der Waals surface area contributed by atoms with Crippen molar-refractivity contribution in [2.24, 2.45) is 0 Å². The molecule has 1 aromatic heterocycles. The zero-order valence-corrected chi connectivity index (χ0v) is 10.9. The summed E-state index contributed by atoms with van der Waals surface area (Å²) < 4.78 is 5.73. The maximum absolute atomic E-state index is 11.6. The van der Waals surface area contributed by atoms with E-state index in [-0.39, 0.29) is 12.5 Å². The van der Waals surface area contributed by atoms with Crippen LogP contribution in [0.4, 0.5) is 5.69 Å². The summed E-state index contributed by atoms with van der Waals surface area (Å²) in [4.78, 5) is 17.6. The molecule has 2 rings (SSSR count). The van der Waals surface area contributed by atoms with Gasteiger partial charge >= 0.3 is 0 Å². The van der Waals surface area contributed by atoms with Crippen molar-refractivity contribution >= 4 is 34.8 Å². The molecule has 1 amide bonds. The van der Waals surface area contributed by atoms with Crippen LogP contribution in [0.1, 0.15) is 13.3 Å². The van der Waals surface area contributed by atoms with Gasteiger partial charge in [0.25, 0.3) is 0 Å². The number of rotatable bonds is 5. The van der Waals surface area contributed by atoms with E-state index in [0.717, 1.165) is 23.1 Å². The summed E-state index contributed by atoms with van der Waals surface area (Å²) in [5, 5.41) is 2.77. The van der Waals surface area contributed by atoms with E-state index in [1.54, 1.807) is 0 Å². The van der Waals surface area contributed by atoms with Crippen LogP contribution in [0.2, 0.25) is 0 Å². The van der Waals surface area contributed by atoms with Gasteiger partial charge in [-0.05, 0) is 36.8 Å². The molecule has 0 radical (unpaired) electrons. The Morgan fingerprint density at radius 1 is 1.39 bits per heavy atom. The van der Waals surface area contributed by atoms with Crippen LogP contribution in [0.3, 0.4) is 0 Å². The van der Waals surface area contributed by atoms with E-state index in [2.05, 4.69) is 15.3 Å². The quantitative estimate of drug-likeness (QED) is 0.575. The number of nitrogens with one attached hydrogen (secondary N) is 3. The predicted molar refractivity (Wildman–Crippen MR) is 73.2 cm³/mol. The van der Waals surface area contributed by atoms with Crippen LogP contribution in [0, 0.1) is 4.77 Å². The van der Waals surface area contributed by atoms with Gasteiger partial charge in [0.15, 0.2) is 4.77 Å². The fourth-order valence-electron chi connectivity index (χ4n) is 1.62. The van der Waals surface area contributed by atoms with Crippen LogP contribution >= 0.6 is 12.2 Å². The summed E-state index contributed by atoms with van der Waals surface area (Å²) in [5.41, 5.74) is 2.50. The second-order valence-corrected chi connectivity index (χ2v) is 4.35. The lowest BCUT2D eigenvalue weighted by Gasteiger charge is -2.05. The molecule has 0 saturated carbocycles. The first-order valence-electron chi connectivity index (χ1n) is 5.78. The van der Waals surface area contributed by atoms with Gasteiger partial charge in [-0.2, -0.15) is 0 Å². The summed E-state index contributed by atoms with van der Waals surface area (Å²) in [6, 6.07) is 5.52. The number of carbonyl (C=O) groups is 1. The van der Waals surface area contributed by atoms with Gasteiger partial charge in [-0.1, -0.05) is 6.92 Å². The van der Waals surface area contributed by atoms with Crippen molar-refractivity contribution in [2.45, 2.75) is 13.3 Å². The zero-order chi connectivity index (χ0) is 13.0. The Kier molecular flexibility index (Phi) is 4.11. The molecule has 0 fully saturated rings. The Morgan fingerprint density at radius 3 is 2.94 bits per heavy atom. The molecular weight excluding hydrogens is 250 g/mol. The SMILES string of the molecule is CCCOCC(=O)Nc1ccc2[nH]c(=S)[nH]c2c1. The number of ether oxygens (including phenoxy) is 1. The van der Waals surface area contributed by atoms with Crippen LogP contribution in [0.15, 0.2) is 18.2 Å². The molecule has 2 aromatic rings. The summed E-state index contributed by atoms with van der Waals surface area (Å²) >= 11 is 5.00. The molecule has 0 spiro atoms. The van der Waals surface area contributed by atoms with Crippen molar-refractivity contribution in [2.75, 3.05) is 18.5 Å². The lowest BCUT2D eigenvalue weighted by Crippen LogP contribution is -2.18. The average molecular weight is 265 g/mol. The number of fused-ring (bicyclic) bond motifs is 1. The molecule has 0 unspecified atom stereocenters. The van der Waals surface area contributed by atoms with Crippen LogP contribution < -0.4 is 5.32 Å².